The third-order valence-corrected chi connectivity index (χ3v) is 5.69. The van der Waals surface area contributed by atoms with Gasteiger partial charge in [0.2, 0.25) is 0 Å². The van der Waals surface area contributed by atoms with Crippen molar-refractivity contribution in [2.75, 3.05) is 5.32 Å². The largest absolute Gasteiger partial charge is 0.318 e. The molecule has 130 valence electrons. The summed E-state index contributed by atoms with van der Waals surface area (Å²) >= 11 is 1.36. The molecule has 0 radical (unpaired) electrons. The molecule has 1 amide bonds. The van der Waals surface area contributed by atoms with Gasteiger partial charge >= 0.3 is 0 Å². The number of rotatable bonds is 4. The Balaban J connectivity index is 1.50. The highest BCUT2D eigenvalue weighted by Crippen LogP contribution is 2.32. The fourth-order valence-electron chi connectivity index (χ4n) is 3.29. The minimum Gasteiger partial charge on any atom is -0.318 e. The molecule has 3 aromatic heterocycles. The number of aromatic nitrogens is 5. The highest BCUT2D eigenvalue weighted by molar-refractivity contribution is 7.17. The predicted molar refractivity (Wildman–Crippen MR) is 96.7 cm³/mol. The Morgan fingerprint density at radius 2 is 2.04 bits per heavy atom. The van der Waals surface area contributed by atoms with E-state index in [0.717, 1.165) is 22.0 Å². The smallest absolute Gasteiger partial charge is 0.267 e. The number of hydrogen-bond donors (Lipinski definition) is 1. The Morgan fingerprint density at radius 3 is 2.76 bits per heavy atom. The van der Waals surface area contributed by atoms with Gasteiger partial charge < -0.3 is 5.32 Å². The molecule has 0 bridgehead atoms. The molecule has 0 aromatic carbocycles. The molecule has 0 aliphatic heterocycles. The fourth-order valence-corrected chi connectivity index (χ4v) is 4.08. The van der Waals surface area contributed by atoms with Gasteiger partial charge in [-0.05, 0) is 19.8 Å². The predicted octanol–water partition coefficient (Wildman–Crippen LogP) is 3.42. The lowest BCUT2D eigenvalue weighted by atomic mass is 10.2. The van der Waals surface area contributed by atoms with Crippen LogP contribution in [0.15, 0.2) is 24.8 Å². The van der Waals surface area contributed by atoms with Crippen LogP contribution in [0.4, 0.5) is 5.69 Å². The number of hydrogen-bond acceptors (Lipinski definition) is 5. The van der Waals surface area contributed by atoms with Crippen LogP contribution in [0.3, 0.4) is 0 Å². The lowest BCUT2D eigenvalue weighted by Gasteiger charge is -2.12. The summed E-state index contributed by atoms with van der Waals surface area (Å²) in [6.07, 6.45) is 11.8. The molecule has 0 atom stereocenters. The molecule has 25 heavy (non-hydrogen) atoms. The number of thiazole rings is 1. The van der Waals surface area contributed by atoms with Gasteiger partial charge in [0, 0.05) is 18.8 Å². The molecule has 1 saturated carbocycles. The fraction of sp³-hybridized carbons (Fsp3) is 0.412. The van der Waals surface area contributed by atoms with Crippen LogP contribution in [0.25, 0.3) is 10.6 Å². The first kappa shape index (κ1) is 16.0. The van der Waals surface area contributed by atoms with Crippen LogP contribution < -0.4 is 5.32 Å². The van der Waals surface area contributed by atoms with Gasteiger partial charge in [-0.3, -0.25) is 14.2 Å². The van der Waals surface area contributed by atoms with Crippen molar-refractivity contribution in [1.82, 2.24) is 24.5 Å². The zero-order valence-electron chi connectivity index (χ0n) is 14.3. The Labute approximate surface area is 149 Å². The van der Waals surface area contributed by atoms with Crippen LogP contribution in [0.5, 0.6) is 0 Å². The second-order valence-corrected chi connectivity index (χ2v) is 7.44. The molecular formula is C17H20N6OS. The van der Waals surface area contributed by atoms with Crippen molar-refractivity contribution in [2.24, 2.45) is 7.05 Å². The first-order valence-electron chi connectivity index (χ1n) is 8.42. The molecule has 1 aliphatic carbocycles. The quantitative estimate of drug-likeness (QED) is 0.777. The van der Waals surface area contributed by atoms with E-state index >= 15 is 0 Å². The van der Waals surface area contributed by atoms with E-state index in [1.54, 1.807) is 23.3 Å². The molecule has 8 heteroatoms. The molecule has 1 fully saturated rings. The second kappa shape index (κ2) is 6.44. The number of nitrogens with zero attached hydrogens (tertiary/aromatic N) is 5. The first-order chi connectivity index (χ1) is 12.1. The third-order valence-electron chi connectivity index (χ3n) is 4.64. The van der Waals surface area contributed by atoms with Crippen LogP contribution in [0, 0.1) is 6.92 Å². The molecule has 0 saturated heterocycles. The van der Waals surface area contributed by atoms with Crippen molar-refractivity contribution in [3.05, 3.63) is 35.4 Å². The van der Waals surface area contributed by atoms with E-state index < -0.39 is 0 Å². The van der Waals surface area contributed by atoms with E-state index in [1.807, 2.05) is 20.2 Å². The summed E-state index contributed by atoms with van der Waals surface area (Å²) in [5.74, 6) is -0.151. The second-order valence-electron chi connectivity index (χ2n) is 6.41. The molecule has 7 nitrogen and oxygen atoms in total. The van der Waals surface area contributed by atoms with Crippen molar-refractivity contribution in [1.29, 1.82) is 0 Å². The van der Waals surface area contributed by atoms with Crippen molar-refractivity contribution in [3.8, 4) is 10.6 Å². The standard InChI is InChI=1S/C17H20N6OS/c1-11-14(8-20-23(11)13-5-3-4-6-13)21-16(24)15-9-18-17(25-15)12-7-19-22(2)10-12/h7-10,13H,3-6H2,1-2H3,(H,21,24). The summed E-state index contributed by atoms with van der Waals surface area (Å²) < 4.78 is 3.77. The van der Waals surface area contributed by atoms with Gasteiger partial charge in [-0.15, -0.1) is 11.3 Å². The summed E-state index contributed by atoms with van der Waals surface area (Å²) in [6, 6.07) is 0.464. The highest BCUT2D eigenvalue weighted by atomic mass is 32.1. The van der Waals surface area contributed by atoms with Crippen molar-refractivity contribution in [3.63, 3.8) is 0 Å². The van der Waals surface area contributed by atoms with Crippen LogP contribution in [-0.4, -0.2) is 30.5 Å². The minimum absolute atomic E-state index is 0.151. The normalized spacial score (nSPS) is 15.0. The summed E-state index contributed by atoms with van der Waals surface area (Å²) in [5, 5.41) is 12.4. The third kappa shape index (κ3) is 3.09. The van der Waals surface area contributed by atoms with E-state index in [-0.39, 0.29) is 5.91 Å². The van der Waals surface area contributed by atoms with E-state index in [1.165, 1.54) is 37.0 Å². The molecule has 3 heterocycles. The topological polar surface area (TPSA) is 77.6 Å². The van der Waals surface area contributed by atoms with E-state index in [2.05, 4.69) is 25.2 Å². The summed E-state index contributed by atoms with van der Waals surface area (Å²) in [5.41, 5.74) is 2.70. The molecule has 0 spiro atoms. The maximum Gasteiger partial charge on any atom is 0.267 e. The van der Waals surface area contributed by atoms with Crippen LogP contribution in [0.1, 0.15) is 47.1 Å². The minimum atomic E-state index is -0.151. The zero-order chi connectivity index (χ0) is 17.4. The number of carbonyl (C=O) groups excluding carboxylic acids is 1. The summed E-state index contributed by atoms with van der Waals surface area (Å²) in [7, 11) is 1.86. The van der Waals surface area contributed by atoms with Crippen molar-refractivity contribution in [2.45, 2.75) is 38.6 Å². The Bertz CT molecular complexity index is 902. The molecule has 1 N–H and O–H groups in total. The molecule has 1 aliphatic rings. The summed E-state index contributed by atoms with van der Waals surface area (Å²) in [6.45, 7) is 2.01. The van der Waals surface area contributed by atoms with Gasteiger partial charge in [-0.2, -0.15) is 10.2 Å². The first-order valence-corrected chi connectivity index (χ1v) is 9.24. The van der Waals surface area contributed by atoms with Gasteiger partial charge in [0.1, 0.15) is 9.88 Å². The average Bonchev–Trinajstić information content (AvgIpc) is 3.35. The SMILES string of the molecule is Cc1c(NC(=O)c2cnc(-c3cnn(C)c3)s2)cnn1C1CCCC1. The molecule has 0 unspecified atom stereocenters. The van der Waals surface area contributed by atoms with Crippen molar-refractivity contribution >= 4 is 22.9 Å². The van der Waals surface area contributed by atoms with Gasteiger partial charge in [-0.1, -0.05) is 12.8 Å². The van der Waals surface area contributed by atoms with Gasteiger partial charge in [0.15, 0.2) is 0 Å². The van der Waals surface area contributed by atoms with Crippen LogP contribution >= 0.6 is 11.3 Å². The van der Waals surface area contributed by atoms with Gasteiger partial charge in [0.05, 0.1) is 36.0 Å². The Morgan fingerprint density at radius 1 is 1.24 bits per heavy atom. The van der Waals surface area contributed by atoms with E-state index in [9.17, 15) is 4.79 Å². The lowest BCUT2D eigenvalue weighted by Crippen LogP contribution is -2.12. The Hall–Kier alpha value is -2.48. The number of amides is 1. The monoisotopic (exact) mass is 356 g/mol. The van der Waals surface area contributed by atoms with Crippen LogP contribution in [-0.2, 0) is 7.05 Å². The lowest BCUT2D eigenvalue weighted by molar-refractivity contribution is 0.103. The maximum absolute atomic E-state index is 12.5. The van der Waals surface area contributed by atoms with E-state index in [4.69, 9.17) is 0 Å². The average molecular weight is 356 g/mol. The molecule has 3 aromatic rings. The molecular weight excluding hydrogens is 336 g/mol. The number of anilines is 1. The molecule has 4 rings (SSSR count). The zero-order valence-corrected chi connectivity index (χ0v) is 15.1. The van der Waals surface area contributed by atoms with Crippen molar-refractivity contribution < 1.29 is 4.79 Å². The van der Waals surface area contributed by atoms with Gasteiger partial charge in [-0.25, -0.2) is 4.98 Å². The van der Waals surface area contributed by atoms with Gasteiger partial charge in [0.25, 0.3) is 5.91 Å². The maximum atomic E-state index is 12.5. The number of nitrogens with one attached hydrogen (secondary N) is 1. The summed E-state index contributed by atoms with van der Waals surface area (Å²) in [4.78, 5) is 17.5. The number of carbonyl (C=O) groups is 1. The number of aryl methyl sites for hydroxylation is 1. The van der Waals surface area contributed by atoms with Crippen LogP contribution in [0.2, 0.25) is 0 Å². The Kier molecular flexibility index (Phi) is 4.12. The highest BCUT2D eigenvalue weighted by Gasteiger charge is 2.21. The van der Waals surface area contributed by atoms with E-state index in [0.29, 0.717) is 10.9 Å².